The molecule has 112 valence electrons. The van der Waals surface area contributed by atoms with Gasteiger partial charge in [0.15, 0.2) is 0 Å². The lowest BCUT2D eigenvalue weighted by atomic mass is 10.2. The first-order valence-corrected chi connectivity index (χ1v) is 7.07. The van der Waals surface area contributed by atoms with E-state index in [0.29, 0.717) is 17.1 Å². The summed E-state index contributed by atoms with van der Waals surface area (Å²) < 4.78 is 1.92. The first-order valence-electron chi connectivity index (χ1n) is 6.32. The molecular formula is C14H16Cl2N4O. The van der Waals surface area contributed by atoms with Crippen LogP contribution in [0.15, 0.2) is 24.4 Å². The maximum absolute atomic E-state index is 12.1. The first kappa shape index (κ1) is 15.7. The molecule has 5 nitrogen and oxygen atoms in total. The molecule has 0 aliphatic rings. The molecule has 1 aromatic heterocycles. The summed E-state index contributed by atoms with van der Waals surface area (Å²) in [5.41, 5.74) is 1.25. The number of amides is 1. The van der Waals surface area contributed by atoms with E-state index in [2.05, 4.69) is 10.3 Å². The number of nitrogens with zero attached hydrogens (tertiary/aromatic N) is 3. The molecule has 1 heterocycles. The van der Waals surface area contributed by atoms with Crippen molar-refractivity contribution in [2.75, 3.05) is 19.0 Å². The van der Waals surface area contributed by atoms with Gasteiger partial charge >= 0.3 is 0 Å². The molecule has 0 saturated carbocycles. The smallest absolute Gasteiger partial charge is 0.253 e. The van der Waals surface area contributed by atoms with Gasteiger partial charge in [0.05, 0.1) is 34.0 Å². The third kappa shape index (κ3) is 3.31. The van der Waals surface area contributed by atoms with Gasteiger partial charge in [0.1, 0.15) is 0 Å². The highest BCUT2D eigenvalue weighted by Gasteiger charge is 2.14. The Hall–Kier alpha value is -1.72. The van der Waals surface area contributed by atoms with Crippen LogP contribution >= 0.6 is 23.2 Å². The summed E-state index contributed by atoms with van der Waals surface area (Å²) in [5.74, 6) is 0.551. The third-order valence-electron chi connectivity index (χ3n) is 3.09. The Kier molecular flexibility index (Phi) is 4.75. The van der Waals surface area contributed by atoms with E-state index in [0.717, 1.165) is 11.6 Å². The molecule has 0 unspecified atom stereocenters. The molecular weight excluding hydrogens is 311 g/mol. The van der Waals surface area contributed by atoms with Gasteiger partial charge in [-0.1, -0.05) is 29.3 Å². The highest BCUT2D eigenvalue weighted by atomic mass is 35.5. The molecule has 1 N–H and O–H groups in total. The normalized spacial score (nSPS) is 10.5. The zero-order valence-corrected chi connectivity index (χ0v) is 13.5. The van der Waals surface area contributed by atoms with Crippen LogP contribution in [0.5, 0.6) is 0 Å². The van der Waals surface area contributed by atoms with Crippen LogP contribution in [-0.2, 0) is 13.6 Å². The van der Waals surface area contributed by atoms with Gasteiger partial charge in [-0.15, -0.1) is 0 Å². The van der Waals surface area contributed by atoms with Gasteiger partial charge in [-0.25, -0.2) is 4.98 Å². The molecule has 0 bridgehead atoms. The van der Waals surface area contributed by atoms with Crippen molar-refractivity contribution in [1.29, 1.82) is 0 Å². The van der Waals surface area contributed by atoms with Crippen LogP contribution in [0, 0.1) is 0 Å². The molecule has 0 spiro atoms. The van der Waals surface area contributed by atoms with Crippen molar-refractivity contribution in [2.24, 2.45) is 7.05 Å². The lowest BCUT2D eigenvalue weighted by Gasteiger charge is -2.13. The summed E-state index contributed by atoms with van der Waals surface area (Å²) in [6.07, 6.45) is 1.73. The Labute approximate surface area is 133 Å². The largest absolute Gasteiger partial charge is 0.348 e. The Morgan fingerprint density at radius 1 is 1.38 bits per heavy atom. The van der Waals surface area contributed by atoms with Gasteiger partial charge < -0.3 is 14.8 Å². The summed E-state index contributed by atoms with van der Waals surface area (Å²) in [6.45, 7) is 0.360. The van der Waals surface area contributed by atoms with E-state index in [1.807, 2.05) is 30.6 Å². The van der Waals surface area contributed by atoms with E-state index in [4.69, 9.17) is 23.2 Å². The van der Waals surface area contributed by atoms with Crippen LogP contribution in [0.1, 0.15) is 16.1 Å². The van der Waals surface area contributed by atoms with Crippen LogP contribution < -0.4 is 10.2 Å². The second-order valence-electron chi connectivity index (χ2n) is 4.79. The molecule has 0 aliphatic carbocycles. The molecule has 1 aromatic carbocycles. The minimum absolute atomic E-state index is 0.260. The second-order valence-corrected chi connectivity index (χ2v) is 5.57. The number of carbonyl (C=O) groups excluding carboxylic acids is 1. The van der Waals surface area contributed by atoms with Crippen LogP contribution in [0.4, 0.5) is 5.95 Å². The van der Waals surface area contributed by atoms with Gasteiger partial charge in [0.25, 0.3) is 5.91 Å². The fourth-order valence-corrected chi connectivity index (χ4v) is 2.35. The van der Waals surface area contributed by atoms with Crippen molar-refractivity contribution >= 4 is 35.1 Å². The highest BCUT2D eigenvalue weighted by molar-refractivity contribution is 6.43. The minimum atomic E-state index is -0.268. The summed E-state index contributed by atoms with van der Waals surface area (Å²) in [6, 6.07) is 4.97. The Balaban J connectivity index is 2.10. The summed E-state index contributed by atoms with van der Waals surface area (Å²) in [4.78, 5) is 18.3. The second kappa shape index (κ2) is 6.37. The Morgan fingerprint density at radius 2 is 2.10 bits per heavy atom. The number of anilines is 1. The van der Waals surface area contributed by atoms with Crippen molar-refractivity contribution in [2.45, 2.75) is 6.54 Å². The zero-order chi connectivity index (χ0) is 15.6. The lowest BCUT2D eigenvalue weighted by Crippen LogP contribution is -2.24. The molecule has 0 atom stereocenters. The van der Waals surface area contributed by atoms with E-state index in [9.17, 15) is 4.79 Å². The van der Waals surface area contributed by atoms with E-state index in [-0.39, 0.29) is 10.9 Å². The number of hydrogen-bond acceptors (Lipinski definition) is 3. The maximum Gasteiger partial charge on any atom is 0.253 e. The third-order valence-corrected chi connectivity index (χ3v) is 3.91. The summed E-state index contributed by atoms with van der Waals surface area (Å²) in [7, 11) is 5.73. The molecule has 2 aromatic rings. The average molecular weight is 327 g/mol. The molecule has 1 amide bonds. The van der Waals surface area contributed by atoms with Gasteiger partial charge in [0.2, 0.25) is 5.95 Å². The number of aromatic nitrogens is 2. The topological polar surface area (TPSA) is 50.2 Å². The van der Waals surface area contributed by atoms with Crippen molar-refractivity contribution < 1.29 is 4.79 Å². The fourth-order valence-electron chi connectivity index (χ4n) is 1.96. The van der Waals surface area contributed by atoms with Gasteiger partial charge in [-0.05, 0) is 12.1 Å². The number of benzene rings is 1. The summed E-state index contributed by atoms with van der Waals surface area (Å²) in [5, 5.41) is 3.44. The van der Waals surface area contributed by atoms with E-state index < -0.39 is 0 Å². The number of hydrogen-bond donors (Lipinski definition) is 1. The Morgan fingerprint density at radius 3 is 2.71 bits per heavy atom. The molecule has 2 rings (SSSR count). The summed E-state index contributed by atoms with van der Waals surface area (Å²) >= 11 is 11.9. The van der Waals surface area contributed by atoms with Crippen LogP contribution in [0.2, 0.25) is 10.0 Å². The van der Waals surface area contributed by atoms with Gasteiger partial charge in [0, 0.05) is 21.1 Å². The molecule has 0 aliphatic heterocycles. The van der Waals surface area contributed by atoms with E-state index in [1.165, 1.54) is 0 Å². The predicted molar refractivity (Wildman–Crippen MR) is 85.2 cm³/mol. The van der Waals surface area contributed by atoms with Crippen molar-refractivity contribution in [3.05, 3.63) is 45.7 Å². The van der Waals surface area contributed by atoms with Crippen LogP contribution in [0.3, 0.4) is 0 Å². The van der Waals surface area contributed by atoms with Gasteiger partial charge in [-0.3, -0.25) is 4.79 Å². The van der Waals surface area contributed by atoms with Crippen molar-refractivity contribution in [3.8, 4) is 0 Å². The zero-order valence-electron chi connectivity index (χ0n) is 12.0. The standard InChI is InChI=1S/C14H16Cl2N4O/c1-19(2)14-18-8-9(20(14)3)7-17-13(21)10-5-4-6-11(15)12(10)16/h4-6,8H,7H2,1-3H3,(H,17,21). The quantitative estimate of drug-likeness (QED) is 0.939. The number of rotatable bonds is 4. The number of halogens is 2. The first-order chi connectivity index (χ1) is 9.91. The fraction of sp³-hybridized carbons (Fsp3) is 0.286. The predicted octanol–water partition coefficient (Wildman–Crippen LogP) is 2.72. The number of nitrogens with one attached hydrogen (secondary N) is 1. The Bertz CT molecular complexity index is 667. The maximum atomic E-state index is 12.1. The van der Waals surface area contributed by atoms with Crippen LogP contribution in [-0.4, -0.2) is 29.6 Å². The lowest BCUT2D eigenvalue weighted by molar-refractivity contribution is 0.0950. The van der Waals surface area contributed by atoms with Gasteiger partial charge in [-0.2, -0.15) is 0 Å². The van der Waals surface area contributed by atoms with E-state index >= 15 is 0 Å². The molecule has 0 fully saturated rings. The SMILES string of the molecule is CN(C)c1ncc(CNC(=O)c2cccc(Cl)c2Cl)n1C. The van der Waals surface area contributed by atoms with Crippen LogP contribution in [0.25, 0.3) is 0 Å². The van der Waals surface area contributed by atoms with Crippen molar-refractivity contribution in [1.82, 2.24) is 14.9 Å². The molecule has 0 saturated heterocycles. The highest BCUT2D eigenvalue weighted by Crippen LogP contribution is 2.25. The number of imidazole rings is 1. The minimum Gasteiger partial charge on any atom is -0.348 e. The monoisotopic (exact) mass is 326 g/mol. The van der Waals surface area contributed by atoms with Crippen molar-refractivity contribution in [3.63, 3.8) is 0 Å². The average Bonchev–Trinajstić information content (AvgIpc) is 2.80. The molecule has 21 heavy (non-hydrogen) atoms. The molecule has 7 heteroatoms. The van der Waals surface area contributed by atoms with E-state index in [1.54, 1.807) is 24.4 Å². The molecule has 0 radical (unpaired) electrons. The number of carbonyl (C=O) groups is 1.